The Morgan fingerprint density at radius 3 is 2.80 bits per heavy atom. The number of hydrogen-bond acceptors (Lipinski definition) is 2. The molecule has 59 valence electrons. The molecule has 0 bridgehead atoms. The summed E-state index contributed by atoms with van der Waals surface area (Å²) in [6.07, 6.45) is 6.26. The fraction of sp³-hybridized carbons (Fsp3) is 0.833. The molecule has 0 aliphatic heterocycles. The van der Waals surface area contributed by atoms with Gasteiger partial charge in [0.1, 0.15) is 0 Å². The monoisotopic (exact) mass is 162 g/mol. The van der Waals surface area contributed by atoms with Crippen molar-refractivity contribution in [3.63, 3.8) is 0 Å². The molecule has 1 unspecified atom stereocenters. The van der Waals surface area contributed by atoms with Crippen LogP contribution in [0.3, 0.4) is 0 Å². The Morgan fingerprint density at radius 2 is 2.30 bits per heavy atom. The number of hydrogen-bond donors (Lipinski definition) is 2. The van der Waals surface area contributed by atoms with Gasteiger partial charge in [0.25, 0.3) is 0 Å². The minimum Gasteiger partial charge on any atom is -0.216 e. The molecule has 0 saturated heterocycles. The lowest BCUT2D eigenvalue weighted by molar-refractivity contribution is 0.474. The van der Waals surface area contributed by atoms with Crippen LogP contribution in [0.5, 0.6) is 0 Å². The maximum Gasteiger partial charge on any atom is 0.201 e. The maximum atomic E-state index is 10.2. The molecule has 0 amide bonds. The summed E-state index contributed by atoms with van der Waals surface area (Å²) in [7, 11) is -2.39. The van der Waals surface area contributed by atoms with Crippen molar-refractivity contribution >= 4 is 10.9 Å². The van der Waals surface area contributed by atoms with E-state index in [9.17, 15) is 8.42 Å². The Bertz CT molecular complexity index is 153. The minimum atomic E-state index is -2.39. The van der Waals surface area contributed by atoms with E-state index in [1.165, 1.54) is 0 Å². The molecule has 1 fully saturated rings. The number of nitrogens with one attached hydrogen (secondary N) is 1. The second-order valence-electron chi connectivity index (χ2n) is 2.54. The summed E-state index contributed by atoms with van der Waals surface area (Å²) in [6.45, 7) is 0. The molecule has 0 heterocycles. The first-order valence-corrected chi connectivity index (χ1v) is 4.69. The standard InChI is InChI=1S/C6H12NO2S/c8-10(9)7-6-4-2-1-3-5-6/h2,6,10H,1,3-5H2,(H,7,8,9). The van der Waals surface area contributed by atoms with Gasteiger partial charge in [-0.1, -0.05) is 12.8 Å². The smallest absolute Gasteiger partial charge is 0.201 e. The van der Waals surface area contributed by atoms with E-state index < -0.39 is 10.9 Å². The Kier molecular flexibility index (Phi) is 3.15. The SMILES string of the molecule is O=[SH](=O)NC1C[CH]CCC1. The second-order valence-corrected chi connectivity index (χ2v) is 3.31. The van der Waals surface area contributed by atoms with Gasteiger partial charge in [-0.05, 0) is 19.3 Å². The molecule has 1 rings (SSSR count). The van der Waals surface area contributed by atoms with Gasteiger partial charge < -0.3 is 0 Å². The summed E-state index contributed by atoms with van der Waals surface area (Å²) in [5, 5.41) is 0. The zero-order valence-corrected chi connectivity index (χ0v) is 6.64. The van der Waals surface area contributed by atoms with E-state index in [0.29, 0.717) is 0 Å². The highest BCUT2D eigenvalue weighted by Gasteiger charge is 2.12. The first-order chi connectivity index (χ1) is 4.79. The normalized spacial score (nSPS) is 21.7. The van der Waals surface area contributed by atoms with E-state index in [2.05, 4.69) is 11.1 Å². The molecule has 1 radical (unpaired) electrons. The van der Waals surface area contributed by atoms with Crippen molar-refractivity contribution in [1.29, 1.82) is 0 Å². The van der Waals surface area contributed by atoms with Crippen molar-refractivity contribution in [2.24, 2.45) is 0 Å². The van der Waals surface area contributed by atoms with Gasteiger partial charge in [-0.15, -0.1) is 0 Å². The Balaban J connectivity index is 2.26. The Morgan fingerprint density at radius 1 is 1.50 bits per heavy atom. The largest absolute Gasteiger partial charge is 0.216 e. The molecule has 1 aliphatic carbocycles. The van der Waals surface area contributed by atoms with Crippen LogP contribution >= 0.6 is 0 Å². The summed E-state index contributed by atoms with van der Waals surface area (Å²) < 4.78 is 22.9. The van der Waals surface area contributed by atoms with E-state index in [1.807, 2.05) is 0 Å². The predicted molar refractivity (Wildman–Crippen MR) is 40.0 cm³/mol. The highest BCUT2D eigenvalue weighted by atomic mass is 32.2. The molecule has 0 spiro atoms. The van der Waals surface area contributed by atoms with Crippen LogP contribution in [0.4, 0.5) is 0 Å². The lowest BCUT2D eigenvalue weighted by atomic mass is 9.96. The van der Waals surface area contributed by atoms with Crippen molar-refractivity contribution in [1.82, 2.24) is 4.72 Å². The lowest BCUT2D eigenvalue weighted by Crippen LogP contribution is -2.29. The minimum absolute atomic E-state index is 0.176. The van der Waals surface area contributed by atoms with Gasteiger partial charge in [-0.3, -0.25) is 0 Å². The van der Waals surface area contributed by atoms with Crippen molar-refractivity contribution in [3.8, 4) is 0 Å². The summed E-state index contributed by atoms with van der Waals surface area (Å²) in [6, 6.07) is 0.176. The Labute approximate surface area is 62.9 Å². The van der Waals surface area contributed by atoms with E-state index >= 15 is 0 Å². The average molecular weight is 162 g/mol. The molecule has 0 aromatic rings. The Hall–Kier alpha value is -0.0900. The first-order valence-electron chi connectivity index (χ1n) is 3.51. The maximum absolute atomic E-state index is 10.2. The molecule has 1 atom stereocenters. The van der Waals surface area contributed by atoms with Gasteiger partial charge in [0, 0.05) is 6.04 Å². The van der Waals surface area contributed by atoms with E-state index in [4.69, 9.17) is 0 Å². The summed E-state index contributed by atoms with van der Waals surface area (Å²) in [5.41, 5.74) is 0. The summed E-state index contributed by atoms with van der Waals surface area (Å²) in [5.74, 6) is 0. The van der Waals surface area contributed by atoms with Crippen LogP contribution in [-0.2, 0) is 10.9 Å². The molecule has 0 aromatic heterocycles. The molecule has 4 heteroatoms. The fourth-order valence-electron chi connectivity index (χ4n) is 1.21. The molecular formula is C6H12NO2S. The lowest BCUT2D eigenvalue weighted by Gasteiger charge is -2.18. The van der Waals surface area contributed by atoms with E-state index in [-0.39, 0.29) is 6.04 Å². The van der Waals surface area contributed by atoms with Gasteiger partial charge in [0.15, 0.2) is 0 Å². The highest BCUT2D eigenvalue weighted by molar-refractivity contribution is 7.70. The third-order valence-electron chi connectivity index (χ3n) is 1.70. The summed E-state index contributed by atoms with van der Waals surface area (Å²) >= 11 is 0. The average Bonchev–Trinajstić information content (AvgIpc) is 1.88. The third-order valence-corrected chi connectivity index (χ3v) is 2.28. The number of rotatable bonds is 2. The van der Waals surface area contributed by atoms with Crippen LogP contribution in [0, 0.1) is 6.42 Å². The highest BCUT2D eigenvalue weighted by Crippen LogP contribution is 2.15. The van der Waals surface area contributed by atoms with E-state index in [1.54, 1.807) is 0 Å². The van der Waals surface area contributed by atoms with Gasteiger partial charge in [-0.2, -0.15) is 0 Å². The van der Waals surface area contributed by atoms with Crippen molar-refractivity contribution in [2.75, 3.05) is 0 Å². The van der Waals surface area contributed by atoms with Crippen LogP contribution in [0.15, 0.2) is 0 Å². The van der Waals surface area contributed by atoms with Crippen LogP contribution < -0.4 is 4.72 Å². The van der Waals surface area contributed by atoms with Crippen LogP contribution in [-0.4, -0.2) is 14.5 Å². The third kappa shape index (κ3) is 2.66. The topological polar surface area (TPSA) is 46.2 Å². The van der Waals surface area contributed by atoms with E-state index in [0.717, 1.165) is 25.7 Å². The zero-order chi connectivity index (χ0) is 7.40. The molecule has 10 heavy (non-hydrogen) atoms. The van der Waals surface area contributed by atoms with Gasteiger partial charge in [-0.25, -0.2) is 13.1 Å². The van der Waals surface area contributed by atoms with Crippen molar-refractivity contribution in [2.45, 2.75) is 31.7 Å². The number of thiol groups is 1. The van der Waals surface area contributed by atoms with Crippen LogP contribution in [0.25, 0.3) is 0 Å². The second kappa shape index (κ2) is 3.93. The zero-order valence-electron chi connectivity index (χ0n) is 5.75. The molecule has 3 nitrogen and oxygen atoms in total. The molecular weight excluding hydrogens is 150 g/mol. The van der Waals surface area contributed by atoms with Crippen LogP contribution in [0.1, 0.15) is 25.7 Å². The quantitative estimate of drug-likeness (QED) is 0.572. The van der Waals surface area contributed by atoms with Crippen molar-refractivity contribution in [3.05, 3.63) is 6.42 Å². The predicted octanol–water partition coefficient (Wildman–Crippen LogP) is 0.249. The van der Waals surface area contributed by atoms with Crippen molar-refractivity contribution < 1.29 is 8.42 Å². The molecule has 1 N–H and O–H groups in total. The van der Waals surface area contributed by atoms with Gasteiger partial charge >= 0.3 is 0 Å². The van der Waals surface area contributed by atoms with Crippen LogP contribution in [0.2, 0.25) is 0 Å². The fourth-order valence-corrected chi connectivity index (χ4v) is 1.74. The molecule has 0 aromatic carbocycles. The van der Waals surface area contributed by atoms with Gasteiger partial charge in [0.05, 0.1) is 0 Å². The first kappa shape index (κ1) is 8.01. The van der Waals surface area contributed by atoms with Gasteiger partial charge in [0.2, 0.25) is 10.9 Å². The molecule has 1 saturated carbocycles. The summed E-state index contributed by atoms with van der Waals surface area (Å²) in [4.78, 5) is 0. The molecule has 1 aliphatic rings.